The summed E-state index contributed by atoms with van der Waals surface area (Å²) in [5, 5.41) is 0. The van der Waals surface area contributed by atoms with Crippen molar-refractivity contribution in [1.29, 1.82) is 0 Å². The fourth-order valence-corrected chi connectivity index (χ4v) is 4.44. The van der Waals surface area contributed by atoms with E-state index in [4.69, 9.17) is 0 Å². The van der Waals surface area contributed by atoms with Crippen molar-refractivity contribution in [2.45, 2.75) is 25.8 Å². The molecule has 29 heavy (non-hydrogen) atoms. The van der Waals surface area contributed by atoms with Crippen LogP contribution in [0.3, 0.4) is 0 Å². The molecule has 0 amide bonds. The largest absolute Gasteiger partial charge is 0.310 e. The smallest absolute Gasteiger partial charge is 0.213 e. The maximum atomic E-state index is 2.41. The molecule has 2 heteroatoms. The number of benzene rings is 3. The Morgan fingerprint density at radius 2 is 1.28 bits per heavy atom. The van der Waals surface area contributed by atoms with Crippen LogP contribution in [0.25, 0.3) is 11.3 Å². The minimum absolute atomic E-state index is 0.448. The molecule has 0 radical (unpaired) electrons. The average molecular weight is 378 g/mol. The number of fused-ring (bicyclic) bond motifs is 3. The monoisotopic (exact) mass is 377 g/mol. The van der Waals surface area contributed by atoms with Crippen LogP contribution in [0.5, 0.6) is 0 Å². The maximum Gasteiger partial charge on any atom is 0.213 e. The Hall–Kier alpha value is -3.39. The highest BCUT2D eigenvalue weighted by Crippen LogP contribution is 2.42. The predicted molar refractivity (Wildman–Crippen MR) is 120 cm³/mol. The molecule has 1 aliphatic heterocycles. The summed E-state index contributed by atoms with van der Waals surface area (Å²) < 4.78 is 2.41. The second-order valence-corrected chi connectivity index (χ2v) is 7.80. The molecule has 0 spiro atoms. The van der Waals surface area contributed by atoms with Crippen molar-refractivity contribution in [3.8, 4) is 11.3 Å². The van der Waals surface area contributed by atoms with E-state index in [1.165, 1.54) is 22.5 Å². The van der Waals surface area contributed by atoms with Crippen molar-refractivity contribution in [2.24, 2.45) is 0 Å². The number of anilines is 3. The topological polar surface area (TPSA) is 7.12 Å². The summed E-state index contributed by atoms with van der Waals surface area (Å²) in [6.45, 7) is 4.64. The van der Waals surface area contributed by atoms with Crippen molar-refractivity contribution >= 4 is 17.1 Å². The first-order chi connectivity index (χ1) is 14.2. The summed E-state index contributed by atoms with van der Waals surface area (Å²) >= 11 is 0. The lowest BCUT2D eigenvalue weighted by Crippen LogP contribution is -2.45. The van der Waals surface area contributed by atoms with Crippen LogP contribution in [0.4, 0.5) is 17.1 Å². The van der Waals surface area contributed by atoms with Gasteiger partial charge in [-0.1, -0.05) is 49.4 Å². The number of hydrogen-bond donors (Lipinski definition) is 0. The van der Waals surface area contributed by atoms with Crippen molar-refractivity contribution < 1.29 is 4.57 Å². The Labute approximate surface area is 172 Å². The zero-order chi connectivity index (χ0) is 19.8. The van der Waals surface area contributed by atoms with Gasteiger partial charge in [-0.05, 0) is 55.0 Å². The van der Waals surface area contributed by atoms with Crippen LogP contribution in [0, 0.1) is 0 Å². The Morgan fingerprint density at radius 3 is 1.93 bits per heavy atom. The van der Waals surface area contributed by atoms with Gasteiger partial charge in [0.15, 0.2) is 12.2 Å². The third-order valence-electron chi connectivity index (χ3n) is 6.14. The van der Waals surface area contributed by atoms with E-state index >= 15 is 0 Å². The zero-order valence-electron chi connectivity index (χ0n) is 16.9. The Balaban J connectivity index is 1.71. The van der Waals surface area contributed by atoms with Gasteiger partial charge in [0.25, 0.3) is 0 Å². The Kier molecular flexibility index (Phi) is 4.40. The lowest BCUT2D eigenvalue weighted by molar-refractivity contribution is -0.714. The summed E-state index contributed by atoms with van der Waals surface area (Å²) in [6, 6.07) is 35.1. The number of nitrogens with zero attached hydrogens (tertiary/aromatic N) is 2. The van der Waals surface area contributed by atoms with Crippen LogP contribution >= 0.6 is 0 Å². The standard InChI is InChI=1S/C27H25N2/c1-20-21(2)28-18-10-9-15-27(28)26-19-24(16-17-25(20)26)29(22-11-5-3-6-12-22)23-13-7-4-8-14-23/h3-21H,1-2H3/q+1. The molecule has 0 saturated carbocycles. The Bertz CT molecular complexity index is 1100. The number of rotatable bonds is 3. The van der Waals surface area contributed by atoms with Gasteiger partial charge >= 0.3 is 0 Å². The second kappa shape index (κ2) is 7.21. The SMILES string of the molecule is CC1c2ccc(N(c3ccccc3)c3ccccc3)cc2-c2cccc[n+]2C1C. The minimum atomic E-state index is 0.448. The van der Waals surface area contributed by atoms with Gasteiger partial charge in [0.05, 0.1) is 5.56 Å². The minimum Gasteiger partial charge on any atom is -0.310 e. The molecular formula is C27H25N2+. The molecule has 1 aliphatic rings. The van der Waals surface area contributed by atoms with E-state index in [-0.39, 0.29) is 0 Å². The van der Waals surface area contributed by atoms with Crippen molar-refractivity contribution in [2.75, 3.05) is 4.90 Å². The molecule has 0 fully saturated rings. The molecule has 2 heterocycles. The van der Waals surface area contributed by atoms with Gasteiger partial charge < -0.3 is 4.90 Å². The van der Waals surface area contributed by atoms with E-state index in [0.717, 1.165) is 11.4 Å². The molecule has 0 saturated heterocycles. The van der Waals surface area contributed by atoms with Gasteiger partial charge in [-0.3, -0.25) is 0 Å². The maximum absolute atomic E-state index is 2.41. The molecule has 2 nitrogen and oxygen atoms in total. The van der Waals surface area contributed by atoms with Crippen molar-refractivity contribution in [3.05, 3.63) is 109 Å². The van der Waals surface area contributed by atoms with Gasteiger partial charge in [0.2, 0.25) is 5.69 Å². The number of aromatic nitrogens is 1. The lowest BCUT2D eigenvalue weighted by Gasteiger charge is -2.29. The average Bonchev–Trinajstić information content (AvgIpc) is 2.79. The molecule has 3 aromatic carbocycles. The van der Waals surface area contributed by atoms with Crippen LogP contribution in [-0.2, 0) is 0 Å². The number of hydrogen-bond acceptors (Lipinski definition) is 1. The molecule has 0 aliphatic carbocycles. The van der Waals surface area contributed by atoms with E-state index in [1.807, 2.05) is 0 Å². The summed E-state index contributed by atoms with van der Waals surface area (Å²) in [6.07, 6.45) is 2.21. The summed E-state index contributed by atoms with van der Waals surface area (Å²) in [7, 11) is 0. The van der Waals surface area contributed by atoms with Gasteiger partial charge in [-0.2, -0.15) is 4.57 Å². The van der Waals surface area contributed by atoms with Crippen LogP contribution in [0.15, 0.2) is 103 Å². The molecule has 2 unspecified atom stereocenters. The summed E-state index contributed by atoms with van der Waals surface area (Å²) in [5.41, 5.74) is 7.54. The number of pyridine rings is 1. The van der Waals surface area contributed by atoms with Crippen LogP contribution < -0.4 is 9.47 Å². The predicted octanol–water partition coefficient (Wildman–Crippen LogP) is 6.79. The molecule has 0 N–H and O–H groups in total. The van der Waals surface area contributed by atoms with Gasteiger partial charge in [-0.25, -0.2) is 0 Å². The van der Waals surface area contributed by atoms with Crippen molar-refractivity contribution in [1.82, 2.24) is 0 Å². The molecule has 142 valence electrons. The fourth-order valence-electron chi connectivity index (χ4n) is 4.44. The van der Waals surface area contributed by atoms with Crippen LogP contribution in [-0.4, -0.2) is 0 Å². The van der Waals surface area contributed by atoms with E-state index in [1.54, 1.807) is 0 Å². The van der Waals surface area contributed by atoms with E-state index in [0.29, 0.717) is 12.0 Å². The molecule has 2 atom stereocenters. The quantitative estimate of drug-likeness (QED) is 0.357. The normalized spacial score (nSPS) is 17.3. The highest BCUT2D eigenvalue weighted by Gasteiger charge is 2.34. The molecule has 1 aromatic heterocycles. The Morgan fingerprint density at radius 1 is 0.655 bits per heavy atom. The fraction of sp³-hybridized carbons (Fsp3) is 0.148. The third-order valence-corrected chi connectivity index (χ3v) is 6.14. The van der Waals surface area contributed by atoms with Crippen LogP contribution in [0.1, 0.15) is 31.4 Å². The van der Waals surface area contributed by atoms with E-state index in [9.17, 15) is 0 Å². The highest BCUT2D eigenvalue weighted by atomic mass is 15.1. The molecule has 4 aromatic rings. The highest BCUT2D eigenvalue weighted by molar-refractivity contribution is 5.80. The van der Waals surface area contributed by atoms with E-state index in [2.05, 4.69) is 127 Å². The van der Waals surface area contributed by atoms with Crippen molar-refractivity contribution in [3.63, 3.8) is 0 Å². The van der Waals surface area contributed by atoms with Gasteiger partial charge in [0.1, 0.15) is 0 Å². The molecular weight excluding hydrogens is 352 g/mol. The number of para-hydroxylation sites is 2. The van der Waals surface area contributed by atoms with Gasteiger partial charge in [0, 0.05) is 35.1 Å². The second-order valence-electron chi connectivity index (χ2n) is 7.80. The van der Waals surface area contributed by atoms with E-state index < -0.39 is 0 Å². The molecule has 0 bridgehead atoms. The van der Waals surface area contributed by atoms with Gasteiger partial charge in [-0.15, -0.1) is 0 Å². The third kappa shape index (κ3) is 3.01. The first-order valence-corrected chi connectivity index (χ1v) is 10.3. The molecule has 5 rings (SSSR count). The first kappa shape index (κ1) is 17.7. The summed E-state index contributed by atoms with van der Waals surface area (Å²) in [4.78, 5) is 2.33. The lowest BCUT2D eigenvalue weighted by atomic mass is 9.84. The zero-order valence-corrected chi connectivity index (χ0v) is 16.9. The first-order valence-electron chi connectivity index (χ1n) is 10.3. The summed E-state index contributed by atoms with van der Waals surface area (Å²) in [5.74, 6) is 0.473. The van der Waals surface area contributed by atoms with Crippen LogP contribution in [0.2, 0.25) is 0 Å².